The van der Waals surface area contributed by atoms with Crippen LogP contribution >= 0.6 is 0 Å². The second-order valence-electron chi connectivity index (χ2n) is 7.03. The van der Waals surface area contributed by atoms with E-state index >= 15 is 0 Å². The van der Waals surface area contributed by atoms with Gasteiger partial charge in [-0.05, 0) is 44.4 Å². The molecule has 0 aromatic heterocycles. The number of benzene rings is 2. The SMILES string of the molecule is Cc1cc(C)c(NC(=O)CCN(C(C)c2ccccc2)S(C)(=O)=O)c(C)c1. The molecule has 0 fully saturated rings. The van der Waals surface area contributed by atoms with Gasteiger partial charge in [-0.2, -0.15) is 4.31 Å². The van der Waals surface area contributed by atoms with Gasteiger partial charge in [-0.3, -0.25) is 4.79 Å². The van der Waals surface area contributed by atoms with E-state index in [-0.39, 0.29) is 24.9 Å². The van der Waals surface area contributed by atoms with Crippen molar-refractivity contribution in [2.24, 2.45) is 0 Å². The van der Waals surface area contributed by atoms with E-state index in [1.807, 2.05) is 70.2 Å². The minimum atomic E-state index is -3.45. The molecule has 0 heterocycles. The Labute approximate surface area is 162 Å². The minimum absolute atomic E-state index is 0.0942. The van der Waals surface area contributed by atoms with Gasteiger partial charge in [-0.25, -0.2) is 8.42 Å². The van der Waals surface area contributed by atoms with Crippen LogP contribution in [0.15, 0.2) is 42.5 Å². The average molecular weight is 389 g/mol. The highest BCUT2D eigenvalue weighted by Crippen LogP contribution is 2.24. The van der Waals surface area contributed by atoms with E-state index in [1.165, 1.54) is 10.6 Å². The number of nitrogens with zero attached hydrogens (tertiary/aromatic N) is 1. The van der Waals surface area contributed by atoms with Crippen molar-refractivity contribution in [1.29, 1.82) is 0 Å². The molecule has 0 saturated carbocycles. The fraction of sp³-hybridized carbons (Fsp3) is 0.381. The van der Waals surface area contributed by atoms with Crippen LogP contribution in [0.2, 0.25) is 0 Å². The molecule has 0 saturated heterocycles. The van der Waals surface area contributed by atoms with Crippen molar-refractivity contribution in [2.75, 3.05) is 18.1 Å². The molecule has 0 aliphatic rings. The van der Waals surface area contributed by atoms with Gasteiger partial charge in [0, 0.05) is 24.7 Å². The Morgan fingerprint density at radius 2 is 1.63 bits per heavy atom. The van der Waals surface area contributed by atoms with Crippen molar-refractivity contribution in [1.82, 2.24) is 4.31 Å². The van der Waals surface area contributed by atoms with Gasteiger partial charge in [0.15, 0.2) is 0 Å². The summed E-state index contributed by atoms with van der Waals surface area (Å²) in [5, 5.41) is 2.93. The summed E-state index contributed by atoms with van der Waals surface area (Å²) in [5.41, 5.74) is 4.83. The van der Waals surface area contributed by atoms with E-state index in [9.17, 15) is 13.2 Å². The van der Waals surface area contributed by atoms with E-state index in [4.69, 9.17) is 0 Å². The molecule has 0 aliphatic carbocycles. The standard InChI is InChI=1S/C21H28N2O3S/c1-15-13-16(2)21(17(3)14-15)22-20(24)11-12-23(27(5,25)26)18(4)19-9-7-6-8-10-19/h6-10,13-14,18H,11-12H2,1-5H3,(H,22,24). The summed E-state index contributed by atoms with van der Waals surface area (Å²) in [7, 11) is -3.45. The number of hydrogen-bond acceptors (Lipinski definition) is 3. The molecule has 6 heteroatoms. The first-order valence-corrected chi connectivity index (χ1v) is 10.8. The number of rotatable bonds is 7. The largest absolute Gasteiger partial charge is 0.326 e. The van der Waals surface area contributed by atoms with Crippen LogP contribution in [0.3, 0.4) is 0 Å². The monoisotopic (exact) mass is 388 g/mol. The third-order valence-corrected chi connectivity index (χ3v) is 5.99. The van der Waals surface area contributed by atoms with Gasteiger partial charge in [0.2, 0.25) is 15.9 Å². The molecule has 2 aromatic rings. The smallest absolute Gasteiger partial charge is 0.225 e. The number of aryl methyl sites for hydroxylation is 3. The Morgan fingerprint density at radius 1 is 1.07 bits per heavy atom. The van der Waals surface area contributed by atoms with Crippen LogP contribution in [-0.4, -0.2) is 31.4 Å². The zero-order chi connectivity index (χ0) is 20.2. The van der Waals surface area contributed by atoms with E-state index in [2.05, 4.69) is 5.32 Å². The van der Waals surface area contributed by atoms with Gasteiger partial charge in [-0.1, -0.05) is 48.0 Å². The predicted molar refractivity (Wildman–Crippen MR) is 110 cm³/mol. The van der Waals surface area contributed by atoms with E-state index in [0.29, 0.717) is 0 Å². The molecule has 1 amide bonds. The third-order valence-electron chi connectivity index (χ3n) is 4.64. The maximum atomic E-state index is 12.5. The van der Waals surface area contributed by atoms with Crippen LogP contribution in [0.5, 0.6) is 0 Å². The van der Waals surface area contributed by atoms with Crippen molar-refractivity contribution >= 4 is 21.6 Å². The number of carbonyl (C=O) groups is 1. The molecule has 27 heavy (non-hydrogen) atoms. The lowest BCUT2D eigenvalue weighted by atomic mass is 10.0. The highest BCUT2D eigenvalue weighted by molar-refractivity contribution is 7.88. The number of carbonyl (C=O) groups excluding carboxylic acids is 1. The number of anilines is 1. The molecule has 1 atom stereocenters. The Bertz CT molecular complexity index is 885. The lowest BCUT2D eigenvalue weighted by molar-refractivity contribution is -0.116. The Balaban J connectivity index is 2.10. The fourth-order valence-corrected chi connectivity index (χ4v) is 4.45. The molecule has 5 nitrogen and oxygen atoms in total. The summed E-state index contributed by atoms with van der Waals surface area (Å²) < 4.78 is 25.9. The van der Waals surface area contributed by atoms with E-state index < -0.39 is 10.0 Å². The second kappa shape index (κ2) is 8.67. The summed E-state index contributed by atoms with van der Waals surface area (Å²) in [6.45, 7) is 7.89. The molecule has 0 bridgehead atoms. The summed E-state index contributed by atoms with van der Waals surface area (Å²) in [6.07, 6.45) is 1.27. The summed E-state index contributed by atoms with van der Waals surface area (Å²) in [6, 6.07) is 13.1. The van der Waals surface area contributed by atoms with Crippen molar-refractivity contribution in [3.63, 3.8) is 0 Å². The predicted octanol–water partition coefficient (Wildman–Crippen LogP) is 3.96. The van der Waals surface area contributed by atoms with Gasteiger partial charge < -0.3 is 5.32 Å². The van der Waals surface area contributed by atoms with Crippen molar-refractivity contribution in [3.05, 3.63) is 64.7 Å². The summed E-state index contributed by atoms with van der Waals surface area (Å²) in [4.78, 5) is 12.5. The summed E-state index contributed by atoms with van der Waals surface area (Å²) in [5.74, 6) is -0.195. The molecule has 1 unspecified atom stereocenters. The zero-order valence-electron chi connectivity index (χ0n) is 16.6. The van der Waals surface area contributed by atoms with Crippen LogP contribution < -0.4 is 5.32 Å². The van der Waals surface area contributed by atoms with E-state index in [1.54, 1.807) is 0 Å². The average Bonchev–Trinajstić information content (AvgIpc) is 2.57. The first-order valence-electron chi connectivity index (χ1n) is 8.99. The van der Waals surface area contributed by atoms with Crippen molar-refractivity contribution in [2.45, 2.75) is 40.2 Å². The highest BCUT2D eigenvalue weighted by atomic mass is 32.2. The van der Waals surface area contributed by atoms with Crippen LogP contribution in [0.4, 0.5) is 5.69 Å². The number of amides is 1. The van der Waals surface area contributed by atoms with Gasteiger partial charge in [0.05, 0.1) is 6.26 Å². The topological polar surface area (TPSA) is 66.5 Å². The summed E-state index contributed by atoms with van der Waals surface area (Å²) >= 11 is 0. The van der Waals surface area contributed by atoms with Crippen molar-refractivity contribution < 1.29 is 13.2 Å². The molecular formula is C21H28N2O3S. The molecular weight excluding hydrogens is 360 g/mol. The molecule has 146 valence electrons. The van der Waals surface area contributed by atoms with Crippen molar-refractivity contribution in [3.8, 4) is 0 Å². The second-order valence-corrected chi connectivity index (χ2v) is 8.97. The molecule has 1 N–H and O–H groups in total. The molecule has 2 rings (SSSR count). The number of sulfonamides is 1. The van der Waals surface area contributed by atoms with Crippen LogP contribution in [0.1, 0.15) is 41.6 Å². The molecule has 2 aromatic carbocycles. The maximum absolute atomic E-state index is 12.5. The van der Waals surface area contributed by atoms with Gasteiger partial charge >= 0.3 is 0 Å². The van der Waals surface area contributed by atoms with Gasteiger partial charge in [0.25, 0.3) is 0 Å². The van der Waals surface area contributed by atoms with E-state index in [0.717, 1.165) is 27.9 Å². The highest BCUT2D eigenvalue weighted by Gasteiger charge is 2.25. The van der Waals surface area contributed by atoms with Crippen LogP contribution in [0.25, 0.3) is 0 Å². The lowest BCUT2D eigenvalue weighted by Gasteiger charge is -2.27. The first-order chi connectivity index (χ1) is 12.6. The van der Waals surface area contributed by atoms with Gasteiger partial charge in [0.1, 0.15) is 0 Å². The molecule has 0 radical (unpaired) electrons. The maximum Gasteiger partial charge on any atom is 0.225 e. The first kappa shape index (κ1) is 21.1. The van der Waals surface area contributed by atoms with Crippen LogP contribution in [-0.2, 0) is 14.8 Å². The number of hydrogen-bond donors (Lipinski definition) is 1. The number of nitrogens with one attached hydrogen (secondary N) is 1. The zero-order valence-corrected chi connectivity index (χ0v) is 17.4. The van der Waals surface area contributed by atoms with Crippen LogP contribution in [0, 0.1) is 20.8 Å². The normalized spacial score (nSPS) is 12.8. The molecule has 0 aliphatic heterocycles. The van der Waals surface area contributed by atoms with Gasteiger partial charge in [-0.15, -0.1) is 0 Å². The Kier molecular flexibility index (Phi) is 6.78. The third kappa shape index (κ3) is 5.65. The Hall–Kier alpha value is -2.18. The Morgan fingerprint density at radius 3 is 2.15 bits per heavy atom. The lowest BCUT2D eigenvalue weighted by Crippen LogP contribution is -2.35. The molecule has 0 spiro atoms. The fourth-order valence-electron chi connectivity index (χ4n) is 3.34. The minimum Gasteiger partial charge on any atom is -0.326 e. The quantitative estimate of drug-likeness (QED) is 0.781.